The van der Waals surface area contributed by atoms with Crippen molar-refractivity contribution in [2.24, 2.45) is 0 Å². The smallest absolute Gasteiger partial charge is 0.0765 e. The van der Waals surface area contributed by atoms with Crippen LogP contribution in [0.5, 0.6) is 0 Å². The zero-order chi connectivity index (χ0) is 13.2. The minimum absolute atomic E-state index is 0.364. The van der Waals surface area contributed by atoms with Crippen molar-refractivity contribution < 1.29 is 0 Å². The third kappa shape index (κ3) is 2.77. The van der Waals surface area contributed by atoms with E-state index in [1.54, 1.807) is 0 Å². The lowest BCUT2D eigenvalue weighted by atomic mass is 10.2. The van der Waals surface area contributed by atoms with Gasteiger partial charge in [-0.2, -0.15) is 0 Å². The van der Waals surface area contributed by atoms with Gasteiger partial charge in [0.1, 0.15) is 0 Å². The zero-order valence-electron chi connectivity index (χ0n) is 11.1. The molecule has 1 nitrogen and oxygen atoms in total. The van der Waals surface area contributed by atoms with Crippen LogP contribution in [0.4, 0.5) is 0 Å². The molecule has 0 aliphatic heterocycles. The summed E-state index contributed by atoms with van der Waals surface area (Å²) in [6.07, 6.45) is 1.17. The summed E-state index contributed by atoms with van der Waals surface area (Å²) >= 11 is 5.66. The highest BCUT2D eigenvalue weighted by molar-refractivity contribution is 7.27. The average Bonchev–Trinajstić information content (AvgIpc) is 3.05. The van der Waals surface area contributed by atoms with Crippen LogP contribution in [0.2, 0.25) is 0 Å². The van der Waals surface area contributed by atoms with Crippen LogP contribution in [0.1, 0.15) is 34.0 Å². The van der Waals surface area contributed by atoms with Crippen molar-refractivity contribution in [3.05, 3.63) is 44.3 Å². The molecule has 19 heavy (non-hydrogen) atoms. The standard InChI is InChI=1S/C15H17NS3/c1-3-7-16-15(12-5-4-10(2)18-12)14-9-13-11(19-14)6-8-17-13/h4-6,8-9,15-16H,3,7H2,1-2H3. The van der Waals surface area contributed by atoms with Gasteiger partial charge in [0.05, 0.1) is 6.04 Å². The molecular weight excluding hydrogens is 290 g/mol. The molecule has 0 aliphatic rings. The highest BCUT2D eigenvalue weighted by Crippen LogP contribution is 2.37. The molecule has 0 saturated heterocycles. The summed E-state index contributed by atoms with van der Waals surface area (Å²) < 4.78 is 2.83. The summed E-state index contributed by atoms with van der Waals surface area (Å²) in [7, 11) is 0. The molecule has 3 rings (SSSR count). The molecule has 3 aromatic rings. The quantitative estimate of drug-likeness (QED) is 0.663. The Kier molecular flexibility index (Phi) is 4.03. The van der Waals surface area contributed by atoms with Crippen molar-refractivity contribution in [3.63, 3.8) is 0 Å². The largest absolute Gasteiger partial charge is 0.305 e. The Morgan fingerprint density at radius 1 is 1.11 bits per heavy atom. The van der Waals surface area contributed by atoms with Crippen molar-refractivity contribution in [2.45, 2.75) is 26.3 Å². The minimum atomic E-state index is 0.364. The number of aryl methyl sites for hydroxylation is 1. The van der Waals surface area contributed by atoms with Gasteiger partial charge in [0, 0.05) is 24.0 Å². The summed E-state index contributed by atoms with van der Waals surface area (Å²) in [5.41, 5.74) is 0. The normalized spacial score (nSPS) is 13.2. The molecule has 100 valence electrons. The van der Waals surface area contributed by atoms with Crippen molar-refractivity contribution in [3.8, 4) is 0 Å². The topological polar surface area (TPSA) is 12.0 Å². The van der Waals surface area contributed by atoms with E-state index in [0.717, 1.165) is 6.54 Å². The summed E-state index contributed by atoms with van der Waals surface area (Å²) in [6, 6.07) is 9.43. The molecule has 1 N–H and O–H groups in total. The maximum atomic E-state index is 3.69. The number of thiophene rings is 3. The fourth-order valence-corrected chi connectivity index (χ4v) is 5.43. The van der Waals surface area contributed by atoms with Crippen LogP contribution in [-0.4, -0.2) is 6.54 Å². The molecule has 0 amide bonds. The molecule has 1 unspecified atom stereocenters. The second kappa shape index (κ2) is 5.75. The molecule has 0 bridgehead atoms. The first-order chi connectivity index (χ1) is 9.28. The van der Waals surface area contributed by atoms with Crippen LogP contribution in [0, 0.1) is 6.92 Å². The molecule has 0 aliphatic carbocycles. The fourth-order valence-electron chi connectivity index (χ4n) is 2.17. The molecule has 3 aromatic heterocycles. The molecule has 0 fully saturated rings. The number of hydrogen-bond donors (Lipinski definition) is 1. The maximum Gasteiger partial charge on any atom is 0.0765 e. The molecule has 4 heteroatoms. The Hall–Kier alpha value is -0.680. The van der Waals surface area contributed by atoms with Crippen LogP contribution in [0.3, 0.4) is 0 Å². The molecular formula is C15H17NS3. The molecule has 1 atom stereocenters. The van der Waals surface area contributed by atoms with Gasteiger partial charge in [0.2, 0.25) is 0 Å². The van der Waals surface area contributed by atoms with Crippen LogP contribution >= 0.6 is 34.0 Å². The number of fused-ring (bicyclic) bond motifs is 1. The Labute approximate surface area is 125 Å². The molecule has 0 saturated carbocycles. The van der Waals surface area contributed by atoms with Crippen molar-refractivity contribution in [2.75, 3.05) is 6.54 Å². The first-order valence-electron chi connectivity index (χ1n) is 6.54. The van der Waals surface area contributed by atoms with E-state index in [4.69, 9.17) is 0 Å². The molecule has 0 radical (unpaired) electrons. The number of hydrogen-bond acceptors (Lipinski definition) is 4. The number of nitrogens with one attached hydrogen (secondary N) is 1. The van der Waals surface area contributed by atoms with Gasteiger partial charge in [0.15, 0.2) is 0 Å². The lowest BCUT2D eigenvalue weighted by Crippen LogP contribution is -2.21. The summed E-state index contributed by atoms with van der Waals surface area (Å²) in [5, 5.41) is 5.87. The van der Waals surface area contributed by atoms with Crippen LogP contribution in [0.15, 0.2) is 29.6 Å². The Balaban J connectivity index is 1.96. The van der Waals surface area contributed by atoms with E-state index < -0.39 is 0 Å². The Morgan fingerprint density at radius 3 is 2.68 bits per heavy atom. The van der Waals surface area contributed by atoms with E-state index in [1.165, 1.54) is 30.5 Å². The molecule has 3 heterocycles. The molecule has 0 aromatic carbocycles. The highest BCUT2D eigenvalue weighted by atomic mass is 32.1. The van der Waals surface area contributed by atoms with Crippen LogP contribution in [-0.2, 0) is 0 Å². The second-order valence-electron chi connectivity index (χ2n) is 4.63. The van der Waals surface area contributed by atoms with Crippen molar-refractivity contribution >= 4 is 43.4 Å². The van der Waals surface area contributed by atoms with E-state index >= 15 is 0 Å². The zero-order valence-corrected chi connectivity index (χ0v) is 13.6. The van der Waals surface area contributed by atoms with Crippen molar-refractivity contribution in [1.82, 2.24) is 5.32 Å². The van der Waals surface area contributed by atoms with Gasteiger partial charge >= 0.3 is 0 Å². The number of rotatable bonds is 5. The summed E-state index contributed by atoms with van der Waals surface area (Å²) in [5.74, 6) is 0. The lowest BCUT2D eigenvalue weighted by Gasteiger charge is -2.15. The minimum Gasteiger partial charge on any atom is -0.305 e. The van der Waals surface area contributed by atoms with Gasteiger partial charge in [-0.05, 0) is 49.5 Å². The van der Waals surface area contributed by atoms with E-state index in [2.05, 4.69) is 48.8 Å². The highest BCUT2D eigenvalue weighted by Gasteiger charge is 2.18. The third-order valence-electron chi connectivity index (χ3n) is 3.09. The van der Waals surface area contributed by atoms with Crippen LogP contribution in [0.25, 0.3) is 9.40 Å². The SMILES string of the molecule is CCCNC(c1ccc(C)s1)c1cc2sccc2s1. The molecule has 0 spiro atoms. The monoisotopic (exact) mass is 307 g/mol. The van der Waals surface area contributed by atoms with E-state index in [0.29, 0.717) is 6.04 Å². The van der Waals surface area contributed by atoms with Gasteiger partial charge < -0.3 is 5.32 Å². The first-order valence-corrected chi connectivity index (χ1v) is 9.06. The van der Waals surface area contributed by atoms with Gasteiger partial charge in [-0.3, -0.25) is 0 Å². The van der Waals surface area contributed by atoms with Gasteiger partial charge in [0.25, 0.3) is 0 Å². The Bertz CT molecular complexity index is 633. The predicted molar refractivity (Wildman–Crippen MR) is 88.9 cm³/mol. The second-order valence-corrected chi connectivity index (χ2v) is 8.02. The van der Waals surface area contributed by atoms with E-state index in [1.807, 2.05) is 34.0 Å². The average molecular weight is 308 g/mol. The van der Waals surface area contributed by atoms with E-state index in [-0.39, 0.29) is 0 Å². The summed E-state index contributed by atoms with van der Waals surface area (Å²) in [4.78, 5) is 4.26. The third-order valence-corrected chi connectivity index (χ3v) is 6.31. The lowest BCUT2D eigenvalue weighted by molar-refractivity contribution is 0.613. The maximum absolute atomic E-state index is 3.69. The van der Waals surface area contributed by atoms with Crippen molar-refractivity contribution in [1.29, 1.82) is 0 Å². The van der Waals surface area contributed by atoms with Gasteiger partial charge in [-0.25, -0.2) is 0 Å². The van der Waals surface area contributed by atoms with Gasteiger partial charge in [-0.1, -0.05) is 6.92 Å². The first kappa shape index (κ1) is 13.3. The summed E-state index contributed by atoms with van der Waals surface area (Å²) in [6.45, 7) is 5.46. The van der Waals surface area contributed by atoms with Crippen LogP contribution < -0.4 is 5.32 Å². The van der Waals surface area contributed by atoms with E-state index in [9.17, 15) is 0 Å². The fraction of sp³-hybridized carbons (Fsp3) is 0.333. The predicted octanol–water partition coefficient (Wildman–Crippen LogP) is 5.42. The Morgan fingerprint density at radius 2 is 2.00 bits per heavy atom. The van der Waals surface area contributed by atoms with Gasteiger partial charge in [-0.15, -0.1) is 34.0 Å².